The summed E-state index contributed by atoms with van der Waals surface area (Å²) in [7, 11) is 1.29. The highest BCUT2D eigenvalue weighted by Gasteiger charge is 2.19. The first kappa shape index (κ1) is 10.3. The number of carboxylic acids is 1. The maximum Gasteiger partial charge on any atom is 0.330 e. The smallest absolute Gasteiger partial charge is 0.330 e. The van der Waals surface area contributed by atoms with Gasteiger partial charge in [0, 0.05) is 0 Å². The predicted octanol–water partition coefficient (Wildman–Crippen LogP) is 0.155. The van der Waals surface area contributed by atoms with Gasteiger partial charge in [0.25, 0.3) is 0 Å². The van der Waals surface area contributed by atoms with Gasteiger partial charge in [0.2, 0.25) is 7.85 Å². The molecule has 0 bridgehead atoms. The van der Waals surface area contributed by atoms with Crippen molar-refractivity contribution in [3.63, 3.8) is 0 Å². The fourth-order valence-corrected chi connectivity index (χ4v) is 1.14. The molecule has 0 fully saturated rings. The highest BCUT2D eigenvalue weighted by Crippen LogP contribution is 2.11. The molecule has 4 nitrogen and oxygen atoms in total. The molecule has 1 rings (SSSR count). The summed E-state index contributed by atoms with van der Waals surface area (Å²) in [5.74, 6) is -1.42. The molecule has 1 atom stereocenters. The maximum atomic E-state index is 10.8. The van der Waals surface area contributed by atoms with Crippen molar-refractivity contribution in [1.29, 1.82) is 0 Å². The summed E-state index contributed by atoms with van der Waals surface area (Å²) in [6.07, 6.45) is 0. The molecule has 0 unspecified atom stereocenters. The number of hydrogen-bond donors (Lipinski definition) is 2. The summed E-state index contributed by atoms with van der Waals surface area (Å²) in [6.45, 7) is 0. The van der Waals surface area contributed by atoms with E-state index in [0.717, 1.165) is 0 Å². The first-order chi connectivity index (χ1) is 6.61. The van der Waals surface area contributed by atoms with Gasteiger partial charge in [0.1, 0.15) is 0 Å². The second kappa shape index (κ2) is 4.46. The Morgan fingerprint density at radius 2 is 1.86 bits per heavy atom. The number of carboxylic acid groups (broad SMARTS) is 1. The van der Waals surface area contributed by atoms with Crippen LogP contribution in [0, 0.1) is 0 Å². The van der Waals surface area contributed by atoms with E-state index in [4.69, 9.17) is 5.11 Å². The zero-order valence-electron chi connectivity index (χ0n) is 7.73. The molecule has 5 heteroatoms. The van der Waals surface area contributed by atoms with E-state index in [0.29, 0.717) is 5.56 Å². The zero-order chi connectivity index (χ0) is 10.6. The molecule has 1 aromatic carbocycles. The van der Waals surface area contributed by atoms with Gasteiger partial charge in [0.15, 0.2) is 11.8 Å². The van der Waals surface area contributed by atoms with Crippen LogP contribution in [0.25, 0.3) is 0 Å². The Hall–Kier alpha value is -1.78. The summed E-state index contributed by atoms with van der Waals surface area (Å²) in [4.78, 5) is 21.6. The van der Waals surface area contributed by atoms with Crippen LogP contribution in [0.3, 0.4) is 0 Å². The topological polar surface area (TPSA) is 66.4 Å². The zero-order valence-corrected chi connectivity index (χ0v) is 7.73. The van der Waals surface area contributed by atoms with E-state index in [9.17, 15) is 9.59 Å². The van der Waals surface area contributed by atoms with Crippen molar-refractivity contribution < 1.29 is 14.7 Å². The van der Waals surface area contributed by atoms with Crippen molar-refractivity contribution in [2.75, 3.05) is 0 Å². The number of amides is 1. The van der Waals surface area contributed by atoms with Crippen molar-refractivity contribution in [1.82, 2.24) is 5.32 Å². The van der Waals surface area contributed by atoms with E-state index in [1.165, 1.54) is 7.85 Å². The third-order valence-corrected chi connectivity index (χ3v) is 1.73. The minimum atomic E-state index is -1.06. The molecule has 0 aliphatic carbocycles. The Balaban J connectivity index is 2.89. The van der Waals surface area contributed by atoms with Crippen LogP contribution >= 0.6 is 0 Å². The number of carbonyl (C=O) groups excluding carboxylic acids is 1. The lowest BCUT2D eigenvalue weighted by Gasteiger charge is -2.13. The highest BCUT2D eigenvalue weighted by molar-refractivity contribution is 6.57. The van der Waals surface area contributed by atoms with E-state index in [-0.39, 0.29) is 5.81 Å². The number of aliphatic carboxylic acids is 1. The fourth-order valence-electron chi connectivity index (χ4n) is 1.14. The quantitative estimate of drug-likeness (QED) is 0.668. The molecule has 1 aromatic rings. The summed E-state index contributed by atoms with van der Waals surface area (Å²) in [5, 5.41) is 11.2. The molecule has 72 valence electrons. The fraction of sp³-hybridized carbons (Fsp3) is 0.111. The Labute approximate surface area is 82.3 Å². The third-order valence-electron chi connectivity index (χ3n) is 1.73. The average Bonchev–Trinajstić information content (AvgIpc) is 2.15. The van der Waals surface area contributed by atoms with Crippen LogP contribution in [0.5, 0.6) is 0 Å². The van der Waals surface area contributed by atoms with Gasteiger partial charge in [-0.1, -0.05) is 30.3 Å². The minimum Gasteiger partial charge on any atom is -0.479 e. The summed E-state index contributed by atoms with van der Waals surface area (Å²) in [6, 6.07) is 7.61. The number of rotatable bonds is 3. The van der Waals surface area contributed by atoms with Gasteiger partial charge in [-0.05, 0) is 5.56 Å². The number of carbonyl (C=O) groups is 2. The van der Waals surface area contributed by atoms with Gasteiger partial charge in [-0.25, -0.2) is 4.79 Å². The monoisotopic (exact) mass is 191 g/mol. The van der Waals surface area contributed by atoms with Crippen LogP contribution in [-0.2, 0) is 4.79 Å². The van der Waals surface area contributed by atoms with Crippen LogP contribution < -0.4 is 5.32 Å². The first-order valence-electron chi connectivity index (χ1n) is 4.16. The Morgan fingerprint density at radius 3 is 2.29 bits per heavy atom. The normalized spacial score (nSPS) is 11.7. The Morgan fingerprint density at radius 1 is 1.29 bits per heavy atom. The van der Waals surface area contributed by atoms with Crippen molar-refractivity contribution >= 4 is 19.6 Å². The van der Waals surface area contributed by atoms with Crippen molar-refractivity contribution in [2.45, 2.75) is 6.04 Å². The third kappa shape index (κ3) is 2.62. The number of benzene rings is 1. The van der Waals surface area contributed by atoms with Crippen LogP contribution in [0.2, 0.25) is 0 Å². The van der Waals surface area contributed by atoms with Crippen LogP contribution in [0.4, 0.5) is 4.79 Å². The van der Waals surface area contributed by atoms with Crippen molar-refractivity contribution in [3.05, 3.63) is 35.9 Å². The largest absolute Gasteiger partial charge is 0.479 e. The molecule has 0 aromatic heterocycles. The van der Waals surface area contributed by atoms with Gasteiger partial charge < -0.3 is 10.4 Å². The van der Waals surface area contributed by atoms with E-state index >= 15 is 0 Å². The van der Waals surface area contributed by atoms with Gasteiger partial charge >= 0.3 is 5.97 Å². The molecule has 0 heterocycles. The highest BCUT2D eigenvalue weighted by atomic mass is 16.4. The average molecular weight is 191 g/mol. The number of hydrogen-bond acceptors (Lipinski definition) is 2. The van der Waals surface area contributed by atoms with E-state index < -0.39 is 12.0 Å². The maximum absolute atomic E-state index is 10.8. The van der Waals surface area contributed by atoms with Gasteiger partial charge in [-0.15, -0.1) is 0 Å². The molecular weight excluding hydrogens is 181 g/mol. The standard InChI is InChI=1S/C9H10BNO3/c10-9(14)11-7(8(12)13)6-4-2-1-3-5-6/h1-5,7H,10H2,(H,11,14)(H,12,13)/t7-/m0/s1. The number of nitrogens with one attached hydrogen (secondary N) is 1. The van der Waals surface area contributed by atoms with Crippen LogP contribution in [0.1, 0.15) is 11.6 Å². The van der Waals surface area contributed by atoms with E-state index in [1.54, 1.807) is 30.3 Å². The summed E-state index contributed by atoms with van der Waals surface area (Å²) in [5.41, 5.74) is 0.565. The Bertz CT molecular complexity index is 339. The molecule has 2 N–H and O–H groups in total. The SMILES string of the molecule is BC(=O)N[C@H](C(=O)O)c1ccccc1. The molecule has 0 saturated carbocycles. The van der Waals surface area contributed by atoms with Gasteiger partial charge in [-0.2, -0.15) is 0 Å². The molecule has 0 aliphatic rings. The van der Waals surface area contributed by atoms with Crippen molar-refractivity contribution in [3.8, 4) is 0 Å². The summed E-state index contributed by atoms with van der Waals surface area (Å²) < 4.78 is 0. The predicted molar refractivity (Wildman–Crippen MR) is 53.9 cm³/mol. The lowest BCUT2D eigenvalue weighted by Crippen LogP contribution is -2.32. The second-order valence-corrected chi connectivity index (χ2v) is 2.88. The van der Waals surface area contributed by atoms with E-state index in [1.807, 2.05) is 0 Å². The van der Waals surface area contributed by atoms with Crippen molar-refractivity contribution in [2.24, 2.45) is 0 Å². The molecule has 0 saturated heterocycles. The van der Waals surface area contributed by atoms with Crippen LogP contribution in [-0.4, -0.2) is 24.7 Å². The van der Waals surface area contributed by atoms with Gasteiger partial charge in [0.05, 0.1) is 0 Å². The summed E-state index contributed by atoms with van der Waals surface area (Å²) >= 11 is 0. The molecule has 0 aliphatic heterocycles. The lowest BCUT2D eigenvalue weighted by atomic mass is 10.0. The molecular formula is C9H10BNO3. The lowest BCUT2D eigenvalue weighted by molar-refractivity contribution is -0.139. The molecule has 0 radical (unpaired) electrons. The van der Waals surface area contributed by atoms with Gasteiger partial charge in [-0.3, -0.25) is 4.79 Å². The Kier molecular flexibility index (Phi) is 3.28. The first-order valence-corrected chi connectivity index (χ1v) is 4.16. The molecule has 1 amide bonds. The van der Waals surface area contributed by atoms with Crippen LogP contribution in [0.15, 0.2) is 30.3 Å². The molecule has 0 spiro atoms. The second-order valence-electron chi connectivity index (χ2n) is 2.88. The minimum absolute atomic E-state index is 0.360. The molecule has 14 heavy (non-hydrogen) atoms. The van der Waals surface area contributed by atoms with E-state index in [2.05, 4.69) is 5.32 Å².